The molecule has 0 N–H and O–H groups in total. The lowest BCUT2D eigenvalue weighted by Crippen LogP contribution is -2.54. The maximum Gasteiger partial charge on any atom is 0.244 e. The van der Waals surface area contributed by atoms with Crippen molar-refractivity contribution in [3.8, 4) is 0 Å². The van der Waals surface area contributed by atoms with Crippen molar-refractivity contribution in [1.82, 2.24) is 4.90 Å². The Morgan fingerprint density at radius 1 is 1.00 bits per heavy atom. The predicted octanol–water partition coefficient (Wildman–Crippen LogP) is 3.87. The highest BCUT2D eigenvalue weighted by atomic mass is 16.2. The fourth-order valence-corrected chi connectivity index (χ4v) is 3.88. The highest BCUT2D eigenvalue weighted by Gasteiger charge is 2.29. The van der Waals surface area contributed by atoms with Crippen LogP contribution in [0.5, 0.6) is 0 Å². The van der Waals surface area contributed by atoms with E-state index in [1.807, 2.05) is 49.1 Å². The number of amides is 1. The minimum Gasteiger partial charge on any atom is -0.369 e. The molecular weight excluding hydrogens is 334 g/mol. The summed E-state index contributed by atoms with van der Waals surface area (Å²) in [4.78, 5) is 19.7. The number of carbonyl (C=O) groups is 1. The standard InChI is InChI=1S/C23H31N3O/c1-5-26(21-11-7-6-8-12-21)23(27)20(4)24-14-16-25(17-15-24)22-13-9-10-18(2)19(22)3/h6-13,20H,5,14-17H2,1-4H3/t20-/m0/s1. The Morgan fingerprint density at radius 2 is 1.67 bits per heavy atom. The zero-order valence-electron chi connectivity index (χ0n) is 17.0. The van der Waals surface area contributed by atoms with E-state index >= 15 is 0 Å². The third-order valence-corrected chi connectivity index (χ3v) is 5.79. The molecule has 0 unspecified atom stereocenters. The monoisotopic (exact) mass is 365 g/mol. The molecule has 27 heavy (non-hydrogen) atoms. The van der Waals surface area contributed by atoms with Gasteiger partial charge in [-0.2, -0.15) is 0 Å². The van der Waals surface area contributed by atoms with E-state index in [1.165, 1.54) is 16.8 Å². The maximum atomic E-state index is 13.1. The van der Waals surface area contributed by atoms with Gasteiger partial charge in [-0.3, -0.25) is 9.69 Å². The number of aryl methyl sites for hydroxylation is 1. The zero-order chi connectivity index (χ0) is 19.4. The first-order valence-electron chi connectivity index (χ1n) is 9.94. The third-order valence-electron chi connectivity index (χ3n) is 5.79. The van der Waals surface area contributed by atoms with Crippen LogP contribution < -0.4 is 9.80 Å². The molecule has 1 fully saturated rings. The molecule has 0 aliphatic carbocycles. The van der Waals surface area contributed by atoms with E-state index in [4.69, 9.17) is 0 Å². The second kappa shape index (κ2) is 8.57. The highest BCUT2D eigenvalue weighted by molar-refractivity contribution is 5.96. The number of rotatable bonds is 5. The van der Waals surface area contributed by atoms with Gasteiger partial charge in [0.25, 0.3) is 0 Å². The van der Waals surface area contributed by atoms with Gasteiger partial charge in [0.2, 0.25) is 5.91 Å². The first kappa shape index (κ1) is 19.4. The van der Waals surface area contributed by atoms with Gasteiger partial charge in [-0.1, -0.05) is 30.3 Å². The predicted molar refractivity (Wildman–Crippen MR) is 114 cm³/mol. The normalized spacial score (nSPS) is 16.2. The van der Waals surface area contributed by atoms with Crippen LogP contribution in [0.25, 0.3) is 0 Å². The van der Waals surface area contributed by atoms with Gasteiger partial charge >= 0.3 is 0 Å². The van der Waals surface area contributed by atoms with Crippen LogP contribution in [-0.4, -0.2) is 49.6 Å². The molecule has 4 heteroatoms. The average molecular weight is 366 g/mol. The summed E-state index contributed by atoms with van der Waals surface area (Å²) in [6.07, 6.45) is 0. The number of benzene rings is 2. The van der Waals surface area contributed by atoms with E-state index < -0.39 is 0 Å². The molecule has 1 aliphatic heterocycles. The molecular formula is C23H31N3O. The fraction of sp³-hybridized carbons (Fsp3) is 0.435. The van der Waals surface area contributed by atoms with Crippen LogP contribution in [0.4, 0.5) is 11.4 Å². The van der Waals surface area contributed by atoms with Gasteiger partial charge in [0.1, 0.15) is 0 Å². The molecule has 144 valence electrons. The lowest BCUT2D eigenvalue weighted by Gasteiger charge is -2.40. The molecule has 2 aromatic carbocycles. The van der Waals surface area contributed by atoms with Crippen molar-refractivity contribution < 1.29 is 4.79 Å². The van der Waals surface area contributed by atoms with E-state index in [2.05, 4.69) is 41.8 Å². The first-order valence-corrected chi connectivity index (χ1v) is 9.94. The van der Waals surface area contributed by atoms with Crippen molar-refractivity contribution >= 4 is 17.3 Å². The topological polar surface area (TPSA) is 26.8 Å². The van der Waals surface area contributed by atoms with Gasteiger partial charge in [0.05, 0.1) is 6.04 Å². The van der Waals surface area contributed by atoms with E-state index in [0.29, 0.717) is 6.54 Å². The molecule has 0 aromatic heterocycles. The Morgan fingerprint density at radius 3 is 2.30 bits per heavy atom. The lowest BCUT2D eigenvalue weighted by molar-refractivity contribution is -0.123. The third kappa shape index (κ3) is 4.16. The SMILES string of the molecule is CCN(C(=O)[C@H](C)N1CCN(c2cccc(C)c2C)CC1)c1ccccc1. The first-order chi connectivity index (χ1) is 13.0. The van der Waals surface area contributed by atoms with Gasteiger partial charge in [-0.05, 0) is 57.0 Å². The molecule has 0 bridgehead atoms. The van der Waals surface area contributed by atoms with Gasteiger partial charge in [0.15, 0.2) is 0 Å². The second-order valence-electron chi connectivity index (χ2n) is 7.34. The van der Waals surface area contributed by atoms with Gasteiger partial charge in [0, 0.05) is 44.1 Å². The Kier molecular flexibility index (Phi) is 6.17. The van der Waals surface area contributed by atoms with Crippen LogP contribution >= 0.6 is 0 Å². The minimum absolute atomic E-state index is 0.106. The number of para-hydroxylation sites is 1. The van der Waals surface area contributed by atoms with Crippen LogP contribution in [0, 0.1) is 13.8 Å². The van der Waals surface area contributed by atoms with Crippen molar-refractivity contribution in [2.45, 2.75) is 33.7 Å². The summed E-state index contributed by atoms with van der Waals surface area (Å²) in [6, 6.07) is 16.4. The van der Waals surface area contributed by atoms with Crippen molar-refractivity contribution in [3.63, 3.8) is 0 Å². The number of anilines is 2. The molecule has 4 nitrogen and oxygen atoms in total. The van der Waals surface area contributed by atoms with Crippen molar-refractivity contribution in [2.24, 2.45) is 0 Å². The number of nitrogens with zero attached hydrogens (tertiary/aromatic N) is 3. The number of hydrogen-bond acceptors (Lipinski definition) is 3. The summed E-state index contributed by atoms with van der Waals surface area (Å²) >= 11 is 0. The highest BCUT2D eigenvalue weighted by Crippen LogP contribution is 2.24. The van der Waals surface area contributed by atoms with E-state index in [0.717, 1.165) is 31.9 Å². The molecule has 2 aromatic rings. The minimum atomic E-state index is -0.106. The quantitative estimate of drug-likeness (QED) is 0.805. The van der Waals surface area contributed by atoms with Crippen LogP contribution in [0.1, 0.15) is 25.0 Å². The van der Waals surface area contributed by atoms with Gasteiger partial charge in [-0.25, -0.2) is 0 Å². The smallest absolute Gasteiger partial charge is 0.244 e. The molecule has 0 spiro atoms. The summed E-state index contributed by atoms with van der Waals surface area (Å²) < 4.78 is 0. The second-order valence-corrected chi connectivity index (χ2v) is 7.34. The number of carbonyl (C=O) groups excluding carboxylic acids is 1. The van der Waals surface area contributed by atoms with Crippen molar-refractivity contribution in [1.29, 1.82) is 0 Å². The van der Waals surface area contributed by atoms with Crippen molar-refractivity contribution in [2.75, 3.05) is 42.5 Å². The van der Waals surface area contributed by atoms with E-state index in [1.54, 1.807) is 0 Å². The van der Waals surface area contributed by atoms with E-state index in [-0.39, 0.29) is 11.9 Å². The van der Waals surface area contributed by atoms with Gasteiger partial charge in [-0.15, -0.1) is 0 Å². The number of piperazine rings is 1. The summed E-state index contributed by atoms with van der Waals surface area (Å²) in [6.45, 7) is 12.9. The molecule has 1 atom stereocenters. The molecule has 1 heterocycles. The Balaban J connectivity index is 1.65. The molecule has 1 aliphatic rings. The number of hydrogen-bond donors (Lipinski definition) is 0. The van der Waals surface area contributed by atoms with Crippen LogP contribution in [0.2, 0.25) is 0 Å². The molecule has 1 saturated heterocycles. The van der Waals surface area contributed by atoms with Gasteiger partial charge < -0.3 is 9.80 Å². The number of likely N-dealkylation sites (N-methyl/N-ethyl adjacent to an activating group) is 1. The van der Waals surface area contributed by atoms with E-state index in [9.17, 15) is 4.79 Å². The van der Waals surface area contributed by atoms with Crippen molar-refractivity contribution in [3.05, 3.63) is 59.7 Å². The molecule has 0 saturated carbocycles. The Hall–Kier alpha value is -2.33. The Bertz CT molecular complexity index is 766. The largest absolute Gasteiger partial charge is 0.369 e. The summed E-state index contributed by atoms with van der Waals surface area (Å²) in [5.74, 6) is 0.184. The molecule has 1 amide bonds. The zero-order valence-corrected chi connectivity index (χ0v) is 17.0. The summed E-state index contributed by atoms with van der Waals surface area (Å²) in [5.41, 5.74) is 5.00. The molecule has 3 rings (SSSR count). The molecule has 0 radical (unpaired) electrons. The van der Waals surface area contributed by atoms with Crippen LogP contribution in [-0.2, 0) is 4.79 Å². The van der Waals surface area contributed by atoms with Crippen LogP contribution in [0.3, 0.4) is 0 Å². The fourth-order valence-electron chi connectivity index (χ4n) is 3.88. The Labute approximate surface area is 163 Å². The summed E-state index contributed by atoms with van der Waals surface area (Å²) in [5, 5.41) is 0. The summed E-state index contributed by atoms with van der Waals surface area (Å²) in [7, 11) is 0. The average Bonchev–Trinajstić information content (AvgIpc) is 2.71. The maximum absolute atomic E-state index is 13.1. The lowest BCUT2D eigenvalue weighted by atomic mass is 10.1. The van der Waals surface area contributed by atoms with Crippen LogP contribution in [0.15, 0.2) is 48.5 Å².